The van der Waals surface area contributed by atoms with Crippen LogP contribution in [-0.4, -0.2) is 12.2 Å². The zero-order valence-corrected chi connectivity index (χ0v) is 12.1. The summed E-state index contributed by atoms with van der Waals surface area (Å²) in [7, 11) is 1.98. The Morgan fingerprint density at radius 2 is 1.71 bits per heavy atom. The third-order valence-corrected chi connectivity index (χ3v) is 3.90. The zero-order valence-electron chi connectivity index (χ0n) is 12.1. The lowest BCUT2D eigenvalue weighted by Gasteiger charge is -2.19. The molecule has 3 aromatic rings. The molecule has 106 valence electrons. The van der Waals surface area contributed by atoms with E-state index in [0.29, 0.717) is 5.75 Å². The molecule has 0 heterocycles. The normalized spacial score (nSPS) is 12.4. The van der Waals surface area contributed by atoms with E-state index in [4.69, 9.17) is 0 Å². The molecule has 0 amide bonds. The highest BCUT2D eigenvalue weighted by Crippen LogP contribution is 2.27. The van der Waals surface area contributed by atoms with Gasteiger partial charge in [-0.3, -0.25) is 0 Å². The minimum absolute atomic E-state index is 0.220. The predicted molar refractivity (Wildman–Crippen MR) is 87.6 cm³/mol. The van der Waals surface area contributed by atoms with Crippen LogP contribution < -0.4 is 5.32 Å². The minimum Gasteiger partial charge on any atom is -0.508 e. The Bertz CT molecular complexity index is 746. The molecule has 3 rings (SSSR count). The van der Waals surface area contributed by atoms with Crippen LogP contribution in [0.25, 0.3) is 10.8 Å². The van der Waals surface area contributed by atoms with Crippen molar-refractivity contribution in [3.8, 4) is 5.75 Å². The fourth-order valence-electron chi connectivity index (χ4n) is 2.84. The van der Waals surface area contributed by atoms with Crippen LogP contribution in [0.2, 0.25) is 0 Å². The third-order valence-electron chi connectivity index (χ3n) is 3.90. The number of phenols is 1. The Kier molecular flexibility index (Phi) is 3.89. The Morgan fingerprint density at radius 3 is 2.52 bits per heavy atom. The number of phenolic OH excluding ortho intramolecular Hbond substituents is 1. The highest BCUT2D eigenvalue weighted by atomic mass is 16.3. The number of hydrogen-bond acceptors (Lipinski definition) is 2. The average molecular weight is 277 g/mol. The molecule has 0 aliphatic heterocycles. The van der Waals surface area contributed by atoms with E-state index in [2.05, 4.69) is 53.8 Å². The second-order valence-electron chi connectivity index (χ2n) is 5.28. The fraction of sp³-hybridized carbons (Fsp3) is 0.158. The summed E-state index contributed by atoms with van der Waals surface area (Å²) in [5, 5.41) is 15.6. The van der Waals surface area contributed by atoms with E-state index in [-0.39, 0.29) is 6.04 Å². The van der Waals surface area contributed by atoms with Gasteiger partial charge in [0, 0.05) is 6.04 Å². The second-order valence-corrected chi connectivity index (χ2v) is 5.28. The summed E-state index contributed by atoms with van der Waals surface area (Å²) in [4.78, 5) is 0. The SMILES string of the molecule is CNC(Cc1cccc(O)c1)c1cccc2ccccc12. The molecule has 0 bridgehead atoms. The van der Waals surface area contributed by atoms with Crippen molar-refractivity contribution in [1.29, 1.82) is 0 Å². The van der Waals surface area contributed by atoms with Gasteiger partial charge >= 0.3 is 0 Å². The molecule has 21 heavy (non-hydrogen) atoms. The van der Waals surface area contributed by atoms with Crippen LogP contribution in [0.3, 0.4) is 0 Å². The molecule has 0 spiro atoms. The van der Waals surface area contributed by atoms with Crippen LogP contribution in [-0.2, 0) is 6.42 Å². The number of hydrogen-bond donors (Lipinski definition) is 2. The lowest BCUT2D eigenvalue weighted by molar-refractivity contribution is 0.473. The van der Waals surface area contributed by atoms with Crippen molar-refractivity contribution in [3.63, 3.8) is 0 Å². The van der Waals surface area contributed by atoms with Crippen LogP contribution in [0.4, 0.5) is 0 Å². The van der Waals surface area contributed by atoms with Gasteiger partial charge in [0.1, 0.15) is 5.75 Å². The topological polar surface area (TPSA) is 32.3 Å². The quantitative estimate of drug-likeness (QED) is 0.754. The summed E-state index contributed by atoms with van der Waals surface area (Å²) in [5.41, 5.74) is 2.42. The van der Waals surface area contributed by atoms with Crippen molar-refractivity contribution in [2.75, 3.05) is 7.05 Å². The number of fused-ring (bicyclic) bond motifs is 1. The van der Waals surface area contributed by atoms with Gasteiger partial charge in [0.25, 0.3) is 0 Å². The standard InChI is InChI=1S/C19H19NO/c1-20-19(13-14-6-4-9-16(21)12-14)18-11-5-8-15-7-2-3-10-17(15)18/h2-12,19-21H,13H2,1H3. The Morgan fingerprint density at radius 1 is 0.952 bits per heavy atom. The van der Waals surface area contributed by atoms with E-state index < -0.39 is 0 Å². The number of likely N-dealkylation sites (N-methyl/N-ethyl adjacent to an activating group) is 1. The Labute approximate surface area is 125 Å². The monoisotopic (exact) mass is 277 g/mol. The third kappa shape index (κ3) is 2.91. The first kappa shape index (κ1) is 13.7. The van der Waals surface area contributed by atoms with Crippen molar-refractivity contribution in [1.82, 2.24) is 5.32 Å². The van der Waals surface area contributed by atoms with E-state index in [9.17, 15) is 5.11 Å². The molecule has 2 N–H and O–H groups in total. The van der Waals surface area contributed by atoms with Crippen LogP contribution in [0, 0.1) is 0 Å². The van der Waals surface area contributed by atoms with Crippen molar-refractivity contribution in [2.24, 2.45) is 0 Å². The highest BCUT2D eigenvalue weighted by Gasteiger charge is 2.13. The molecule has 1 unspecified atom stereocenters. The fourth-order valence-corrected chi connectivity index (χ4v) is 2.84. The molecule has 3 aromatic carbocycles. The number of nitrogens with one attached hydrogen (secondary N) is 1. The van der Waals surface area contributed by atoms with Gasteiger partial charge in [-0.05, 0) is 47.5 Å². The summed E-state index contributed by atoms with van der Waals surface area (Å²) < 4.78 is 0. The summed E-state index contributed by atoms with van der Waals surface area (Å²) in [6, 6.07) is 22.6. The van der Waals surface area contributed by atoms with Crippen LogP contribution in [0.5, 0.6) is 5.75 Å². The Balaban J connectivity index is 1.98. The lowest BCUT2D eigenvalue weighted by Crippen LogP contribution is -2.19. The molecule has 2 heteroatoms. The molecule has 0 saturated carbocycles. The first-order valence-corrected chi connectivity index (χ1v) is 7.21. The first-order valence-electron chi connectivity index (χ1n) is 7.21. The summed E-state index contributed by atoms with van der Waals surface area (Å²) >= 11 is 0. The summed E-state index contributed by atoms with van der Waals surface area (Å²) in [6.45, 7) is 0. The first-order chi connectivity index (χ1) is 10.3. The molecule has 0 aromatic heterocycles. The molecule has 2 nitrogen and oxygen atoms in total. The average Bonchev–Trinajstić information content (AvgIpc) is 2.52. The maximum Gasteiger partial charge on any atom is 0.115 e. The van der Waals surface area contributed by atoms with Gasteiger partial charge < -0.3 is 10.4 Å². The second kappa shape index (κ2) is 5.98. The molecule has 0 saturated heterocycles. The van der Waals surface area contributed by atoms with E-state index in [1.54, 1.807) is 6.07 Å². The van der Waals surface area contributed by atoms with Gasteiger partial charge in [0.05, 0.1) is 0 Å². The van der Waals surface area contributed by atoms with Crippen molar-refractivity contribution in [2.45, 2.75) is 12.5 Å². The molecular weight excluding hydrogens is 258 g/mol. The van der Waals surface area contributed by atoms with Crippen molar-refractivity contribution in [3.05, 3.63) is 77.9 Å². The largest absolute Gasteiger partial charge is 0.508 e. The number of benzene rings is 3. The van der Waals surface area contributed by atoms with Gasteiger partial charge in [-0.25, -0.2) is 0 Å². The molecule has 1 atom stereocenters. The summed E-state index contributed by atoms with van der Waals surface area (Å²) in [6.07, 6.45) is 0.846. The van der Waals surface area contributed by atoms with Crippen molar-refractivity contribution < 1.29 is 5.11 Å². The van der Waals surface area contributed by atoms with Gasteiger partial charge in [-0.2, -0.15) is 0 Å². The minimum atomic E-state index is 0.220. The maximum absolute atomic E-state index is 9.62. The van der Waals surface area contributed by atoms with Crippen LogP contribution in [0.1, 0.15) is 17.2 Å². The molecule has 0 fully saturated rings. The van der Waals surface area contributed by atoms with Crippen LogP contribution >= 0.6 is 0 Å². The van der Waals surface area contributed by atoms with Gasteiger partial charge in [-0.1, -0.05) is 54.6 Å². The summed E-state index contributed by atoms with van der Waals surface area (Å²) in [5.74, 6) is 0.320. The van der Waals surface area contributed by atoms with E-state index in [1.165, 1.54) is 16.3 Å². The maximum atomic E-state index is 9.62. The molecular formula is C19H19NO. The van der Waals surface area contributed by atoms with Gasteiger partial charge in [0.2, 0.25) is 0 Å². The van der Waals surface area contributed by atoms with E-state index >= 15 is 0 Å². The van der Waals surface area contributed by atoms with Gasteiger partial charge in [-0.15, -0.1) is 0 Å². The molecule has 0 aliphatic carbocycles. The van der Waals surface area contributed by atoms with Crippen molar-refractivity contribution >= 4 is 10.8 Å². The molecule has 0 radical (unpaired) electrons. The highest BCUT2D eigenvalue weighted by molar-refractivity contribution is 5.86. The zero-order chi connectivity index (χ0) is 14.7. The number of aromatic hydroxyl groups is 1. The van der Waals surface area contributed by atoms with E-state index in [1.807, 2.05) is 19.2 Å². The smallest absolute Gasteiger partial charge is 0.115 e. The lowest BCUT2D eigenvalue weighted by atomic mass is 9.94. The Hall–Kier alpha value is -2.32. The predicted octanol–water partition coefficient (Wildman–Crippen LogP) is 4.05. The van der Waals surface area contributed by atoms with Gasteiger partial charge in [0.15, 0.2) is 0 Å². The van der Waals surface area contributed by atoms with E-state index in [0.717, 1.165) is 12.0 Å². The molecule has 0 aliphatic rings. The van der Waals surface area contributed by atoms with Crippen LogP contribution in [0.15, 0.2) is 66.7 Å². The number of rotatable bonds is 4.